The predicted octanol–water partition coefficient (Wildman–Crippen LogP) is 1.04. The molecule has 22 heavy (non-hydrogen) atoms. The highest BCUT2D eigenvalue weighted by atomic mass is 16.5. The summed E-state index contributed by atoms with van der Waals surface area (Å²) in [5.74, 6) is 1.89. The van der Waals surface area contributed by atoms with Crippen molar-refractivity contribution in [2.45, 2.75) is 12.5 Å². The lowest BCUT2D eigenvalue weighted by Crippen LogP contribution is -2.45. The largest absolute Gasteiger partial charge is 0.493 e. The summed E-state index contributed by atoms with van der Waals surface area (Å²) in [6.07, 6.45) is 0.679. The van der Waals surface area contributed by atoms with Crippen LogP contribution in [0.4, 0.5) is 0 Å². The Kier molecular flexibility index (Phi) is 6.30. The van der Waals surface area contributed by atoms with Crippen molar-refractivity contribution in [2.24, 2.45) is 0 Å². The Morgan fingerprint density at radius 2 is 1.68 bits per heavy atom. The Hall–Kier alpha value is -1.50. The smallest absolute Gasteiger partial charge is 0.203 e. The first-order valence-corrected chi connectivity index (χ1v) is 7.60. The van der Waals surface area contributed by atoms with E-state index in [1.807, 2.05) is 12.1 Å². The Labute approximate surface area is 132 Å². The lowest BCUT2D eigenvalue weighted by molar-refractivity contribution is 0.140. The highest BCUT2D eigenvalue weighted by Crippen LogP contribution is 2.41. The number of hydrogen-bond acceptors (Lipinski definition) is 6. The lowest BCUT2D eigenvalue weighted by Gasteiger charge is -2.35. The molecule has 1 saturated heterocycles. The summed E-state index contributed by atoms with van der Waals surface area (Å²) >= 11 is 0. The third-order valence-electron chi connectivity index (χ3n) is 4.07. The average Bonchev–Trinajstić information content (AvgIpc) is 2.59. The number of methoxy groups -OCH3 is 3. The van der Waals surface area contributed by atoms with Crippen LogP contribution < -0.4 is 19.5 Å². The summed E-state index contributed by atoms with van der Waals surface area (Å²) in [7, 11) is 4.83. The number of aliphatic hydroxyl groups is 1. The predicted molar refractivity (Wildman–Crippen MR) is 85.0 cm³/mol. The molecule has 124 valence electrons. The van der Waals surface area contributed by atoms with Gasteiger partial charge in [0.1, 0.15) is 0 Å². The summed E-state index contributed by atoms with van der Waals surface area (Å²) < 4.78 is 16.2. The molecule has 0 spiro atoms. The fourth-order valence-corrected chi connectivity index (χ4v) is 2.97. The fourth-order valence-electron chi connectivity index (χ4n) is 2.97. The van der Waals surface area contributed by atoms with Crippen LogP contribution in [0, 0.1) is 0 Å². The molecule has 0 amide bonds. The molecule has 1 atom stereocenters. The van der Waals surface area contributed by atoms with E-state index in [1.54, 1.807) is 21.3 Å². The number of rotatable bonds is 7. The summed E-state index contributed by atoms with van der Waals surface area (Å²) in [5, 5.41) is 12.8. The van der Waals surface area contributed by atoms with Gasteiger partial charge in [0.15, 0.2) is 11.5 Å². The molecule has 1 aromatic carbocycles. The van der Waals surface area contributed by atoms with Crippen LogP contribution in [0.15, 0.2) is 12.1 Å². The minimum absolute atomic E-state index is 0.140. The molecular weight excluding hydrogens is 284 g/mol. The molecule has 0 unspecified atom stereocenters. The first-order valence-electron chi connectivity index (χ1n) is 7.60. The van der Waals surface area contributed by atoms with Gasteiger partial charge in [0.2, 0.25) is 5.75 Å². The third-order valence-corrected chi connectivity index (χ3v) is 4.07. The molecule has 6 heteroatoms. The van der Waals surface area contributed by atoms with Crippen LogP contribution in [0.3, 0.4) is 0 Å². The quantitative estimate of drug-likeness (QED) is 0.785. The van der Waals surface area contributed by atoms with E-state index in [-0.39, 0.29) is 12.6 Å². The molecule has 0 saturated carbocycles. The maximum atomic E-state index is 9.45. The topological polar surface area (TPSA) is 63.2 Å². The monoisotopic (exact) mass is 310 g/mol. The number of hydrogen-bond donors (Lipinski definition) is 2. The Balaban J connectivity index is 2.37. The first kappa shape index (κ1) is 16.9. The van der Waals surface area contributed by atoms with Crippen molar-refractivity contribution in [3.8, 4) is 17.2 Å². The minimum Gasteiger partial charge on any atom is -0.493 e. The zero-order chi connectivity index (χ0) is 15.9. The molecule has 2 N–H and O–H groups in total. The molecule has 1 aliphatic heterocycles. The van der Waals surface area contributed by atoms with Gasteiger partial charge in [-0.05, 0) is 24.1 Å². The van der Waals surface area contributed by atoms with Crippen molar-refractivity contribution in [3.63, 3.8) is 0 Å². The van der Waals surface area contributed by atoms with Crippen molar-refractivity contribution in [1.82, 2.24) is 10.2 Å². The van der Waals surface area contributed by atoms with E-state index in [4.69, 9.17) is 14.2 Å². The maximum Gasteiger partial charge on any atom is 0.203 e. The van der Waals surface area contributed by atoms with E-state index in [2.05, 4.69) is 10.2 Å². The molecule has 6 nitrogen and oxygen atoms in total. The van der Waals surface area contributed by atoms with Crippen molar-refractivity contribution < 1.29 is 19.3 Å². The van der Waals surface area contributed by atoms with Crippen molar-refractivity contribution >= 4 is 0 Å². The van der Waals surface area contributed by atoms with Gasteiger partial charge in [0, 0.05) is 38.8 Å². The second-order valence-electron chi connectivity index (χ2n) is 5.27. The van der Waals surface area contributed by atoms with Gasteiger partial charge >= 0.3 is 0 Å². The first-order chi connectivity index (χ1) is 10.7. The SMILES string of the molecule is COc1cc([C@H](CCO)N2CCNCC2)cc(OC)c1OC. The van der Waals surface area contributed by atoms with E-state index < -0.39 is 0 Å². The van der Waals surface area contributed by atoms with E-state index in [0.29, 0.717) is 23.7 Å². The van der Waals surface area contributed by atoms with Crippen LogP contribution in [-0.2, 0) is 0 Å². The molecule has 2 rings (SSSR count). The molecular formula is C16H26N2O4. The Morgan fingerprint density at radius 3 is 2.14 bits per heavy atom. The van der Waals surface area contributed by atoms with Crippen LogP contribution in [0.25, 0.3) is 0 Å². The fraction of sp³-hybridized carbons (Fsp3) is 0.625. The van der Waals surface area contributed by atoms with Crippen LogP contribution in [0.2, 0.25) is 0 Å². The van der Waals surface area contributed by atoms with Crippen molar-refractivity contribution in [1.29, 1.82) is 0 Å². The number of aliphatic hydroxyl groups excluding tert-OH is 1. The van der Waals surface area contributed by atoms with Crippen LogP contribution >= 0.6 is 0 Å². The summed E-state index contributed by atoms with van der Waals surface area (Å²) in [6.45, 7) is 3.99. The van der Waals surface area contributed by atoms with Gasteiger partial charge in [-0.25, -0.2) is 0 Å². The van der Waals surface area contributed by atoms with Crippen LogP contribution in [0.5, 0.6) is 17.2 Å². The third kappa shape index (κ3) is 3.63. The van der Waals surface area contributed by atoms with E-state index in [1.165, 1.54) is 0 Å². The molecule has 0 radical (unpaired) electrons. The minimum atomic E-state index is 0.140. The van der Waals surface area contributed by atoms with E-state index in [0.717, 1.165) is 31.7 Å². The second kappa shape index (κ2) is 8.22. The number of ether oxygens (including phenoxy) is 3. The second-order valence-corrected chi connectivity index (χ2v) is 5.27. The molecule has 1 aliphatic rings. The van der Waals surface area contributed by atoms with Gasteiger partial charge in [-0.15, -0.1) is 0 Å². The standard InChI is InChI=1S/C16H26N2O4/c1-20-14-10-12(11-15(21-2)16(14)22-3)13(4-9-19)18-7-5-17-6-8-18/h10-11,13,17,19H,4-9H2,1-3H3/t13-/m0/s1. The van der Waals surface area contributed by atoms with Crippen molar-refractivity contribution in [3.05, 3.63) is 17.7 Å². The molecule has 1 aromatic rings. The molecule has 0 aromatic heterocycles. The van der Waals surface area contributed by atoms with Gasteiger partial charge in [0.25, 0.3) is 0 Å². The van der Waals surface area contributed by atoms with Crippen LogP contribution in [-0.4, -0.2) is 64.1 Å². The highest BCUT2D eigenvalue weighted by molar-refractivity contribution is 5.54. The number of nitrogens with zero attached hydrogens (tertiary/aromatic N) is 1. The summed E-state index contributed by atoms with van der Waals surface area (Å²) in [6, 6.07) is 4.09. The highest BCUT2D eigenvalue weighted by Gasteiger charge is 2.24. The Bertz CT molecular complexity index is 450. The number of piperazine rings is 1. The summed E-state index contributed by atoms with van der Waals surface area (Å²) in [5.41, 5.74) is 1.07. The van der Waals surface area contributed by atoms with Crippen molar-refractivity contribution in [2.75, 3.05) is 54.1 Å². The van der Waals surface area contributed by atoms with Gasteiger partial charge in [0.05, 0.1) is 21.3 Å². The molecule has 1 heterocycles. The van der Waals surface area contributed by atoms with E-state index >= 15 is 0 Å². The molecule has 0 bridgehead atoms. The van der Waals surface area contributed by atoms with Gasteiger partial charge < -0.3 is 24.6 Å². The van der Waals surface area contributed by atoms with Gasteiger partial charge in [-0.1, -0.05) is 0 Å². The number of nitrogens with one attached hydrogen (secondary N) is 1. The normalized spacial score (nSPS) is 17.1. The molecule has 1 fully saturated rings. The zero-order valence-electron chi connectivity index (χ0n) is 13.6. The lowest BCUT2D eigenvalue weighted by atomic mass is 10.00. The van der Waals surface area contributed by atoms with Gasteiger partial charge in [-0.3, -0.25) is 4.90 Å². The summed E-state index contributed by atoms with van der Waals surface area (Å²) in [4.78, 5) is 2.38. The van der Waals surface area contributed by atoms with E-state index in [9.17, 15) is 5.11 Å². The Morgan fingerprint density at radius 1 is 1.09 bits per heavy atom. The van der Waals surface area contributed by atoms with Gasteiger partial charge in [-0.2, -0.15) is 0 Å². The maximum absolute atomic E-state index is 9.45. The van der Waals surface area contributed by atoms with Crippen LogP contribution in [0.1, 0.15) is 18.0 Å². The molecule has 0 aliphatic carbocycles. The number of benzene rings is 1. The average molecular weight is 310 g/mol. The zero-order valence-corrected chi connectivity index (χ0v) is 13.6.